The number of carbonyl (C=O) groups is 2. The lowest BCUT2D eigenvalue weighted by Gasteiger charge is -2.43. The van der Waals surface area contributed by atoms with Crippen LogP contribution in [0.1, 0.15) is 59.3 Å². The summed E-state index contributed by atoms with van der Waals surface area (Å²) in [6, 6.07) is -0.214. The van der Waals surface area contributed by atoms with Crippen molar-refractivity contribution < 1.29 is 22.7 Å². The Morgan fingerprint density at radius 2 is 1.78 bits per heavy atom. The number of amides is 1. The molecule has 0 radical (unpaired) electrons. The fraction of sp³-hybridized carbons (Fsp3) is 0.875. The minimum Gasteiger partial charge on any atom is -0.460 e. The molecule has 1 amide bonds. The molecule has 0 bridgehead atoms. The summed E-state index contributed by atoms with van der Waals surface area (Å²) >= 11 is 0. The van der Waals surface area contributed by atoms with Crippen LogP contribution in [-0.2, 0) is 24.2 Å². The molecule has 2 rings (SSSR count). The Morgan fingerprint density at radius 1 is 1.13 bits per heavy atom. The van der Waals surface area contributed by atoms with Gasteiger partial charge in [0.25, 0.3) is 0 Å². The second-order valence-corrected chi connectivity index (χ2v) is 9.77. The standard InChI is InChI=1S/C16H27NO5S/c1-16(2,3)22-15(19)9-8-14(18)17-10-11-23(20,21)13-7-5-4-6-12(13)17/h12-13H,4-11H2,1-3H3. The number of ether oxygens (including phenoxy) is 1. The maximum Gasteiger partial charge on any atom is 0.306 e. The molecule has 2 unspecified atom stereocenters. The molecule has 1 heterocycles. The lowest BCUT2D eigenvalue weighted by atomic mass is 9.93. The van der Waals surface area contributed by atoms with Gasteiger partial charge in [-0.25, -0.2) is 8.42 Å². The first kappa shape index (κ1) is 18.2. The van der Waals surface area contributed by atoms with Gasteiger partial charge >= 0.3 is 5.97 Å². The van der Waals surface area contributed by atoms with E-state index in [2.05, 4.69) is 0 Å². The first-order chi connectivity index (χ1) is 10.6. The average molecular weight is 345 g/mol. The molecular weight excluding hydrogens is 318 g/mol. The van der Waals surface area contributed by atoms with Gasteiger partial charge in [-0.15, -0.1) is 0 Å². The van der Waals surface area contributed by atoms with Crippen LogP contribution >= 0.6 is 0 Å². The van der Waals surface area contributed by atoms with Gasteiger partial charge in [0.05, 0.1) is 17.4 Å². The first-order valence-corrected chi connectivity index (χ1v) is 10.0. The van der Waals surface area contributed by atoms with Crippen LogP contribution in [0, 0.1) is 0 Å². The Bertz CT molecular complexity index is 564. The van der Waals surface area contributed by atoms with Gasteiger partial charge in [-0.3, -0.25) is 9.59 Å². The van der Waals surface area contributed by atoms with E-state index in [1.807, 2.05) is 0 Å². The van der Waals surface area contributed by atoms with E-state index in [-0.39, 0.29) is 37.1 Å². The summed E-state index contributed by atoms with van der Waals surface area (Å²) in [6.07, 6.45) is 3.35. The van der Waals surface area contributed by atoms with Crippen molar-refractivity contribution >= 4 is 21.7 Å². The molecule has 0 spiro atoms. The number of hydrogen-bond donors (Lipinski definition) is 0. The van der Waals surface area contributed by atoms with Gasteiger partial charge in [-0.2, -0.15) is 0 Å². The van der Waals surface area contributed by atoms with Gasteiger partial charge in [0.2, 0.25) is 5.91 Å². The molecule has 2 atom stereocenters. The van der Waals surface area contributed by atoms with Crippen LogP contribution in [0.2, 0.25) is 0 Å². The predicted octanol–water partition coefficient (Wildman–Crippen LogP) is 1.68. The lowest BCUT2D eigenvalue weighted by molar-refractivity contribution is -0.156. The third-order valence-corrected chi connectivity index (χ3v) is 6.65. The summed E-state index contributed by atoms with van der Waals surface area (Å²) in [6.45, 7) is 5.61. The zero-order valence-corrected chi connectivity index (χ0v) is 15.0. The summed E-state index contributed by atoms with van der Waals surface area (Å²) in [5, 5.41) is -0.421. The highest BCUT2D eigenvalue weighted by atomic mass is 32.2. The van der Waals surface area contributed by atoms with E-state index < -0.39 is 26.7 Å². The Kier molecular flexibility index (Phi) is 5.38. The molecule has 23 heavy (non-hydrogen) atoms. The Hall–Kier alpha value is -1.11. The van der Waals surface area contributed by atoms with Crippen molar-refractivity contribution in [3.8, 4) is 0 Å². The Labute approximate surface area is 138 Å². The van der Waals surface area contributed by atoms with Crippen molar-refractivity contribution in [2.24, 2.45) is 0 Å². The average Bonchev–Trinajstić information content (AvgIpc) is 2.43. The van der Waals surface area contributed by atoms with E-state index in [1.54, 1.807) is 25.7 Å². The maximum atomic E-state index is 12.5. The first-order valence-electron chi connectivity index (χ1n) is 8.33. The van der Waals surface area contributed by atoms with Crippen LogP contribution in [0.4, 0.5) is 0 Å². The van der Waals surface area contributed by atoms with Crippen LogP contribution in [0.15, 0.2) is 0 Å². The third kappa shape index (κ3) is 4.68. The zero-order valence-electron chi connectivity index (χ0n) is 14.2. The molecule has 0 N–H and O–H groups in total. The summed E-state index contributed by atoms with van der Waals surface area (Å²) < 4.78 is 29.6. The van der Waals surface area contributed by atoms with Gasteiger partial charge in [0.1, 0.15) is 5.60 Å². The number of nitrogens with zero attached hydrogens (tertiary/aromatic N) is 1. The molecule has 0 aromatic heterocycles. The molecule has 0 aromatic carbocycles. The second-order valence-electron chi connectivity index (χ2n) is 7.43. The van der Waals surface area contributed by atoms with Gasteiger partial charge in [0, 0.05) is 19.0 Å². The van der Waals surface area contributed by atoms with E-state index in [0.29, 0.717) is 6.42 Å². The molecular formula is C16H27NO5S. The molecule has 1 aliphatic heterocycles. The van der Waals surface area contributed by atoms with Crippen molar-refractivity contribution in [1.82, 2.24) is 4.90 Å². The third-order valence-electron chi connectivity index (χ3n) is 4.43. The topological polar surface area (TPSA) is 80.8 Å². The molecule has 2 aliphatic rings. The highest BCUT2D eigenvalue weighted by Gasteiger charge is 2.44. The van der Waals surface area contributed by atoms with E-state index >= 15 is 0 Å². The number of sulfone groups is 1. The normalized spacial score (nSPS) is 27.2. The van der Waals surface area contributed by atoms with Crippen LogP contribution in [0.3, 0.4) is 0 Å². The summed E-state index contributed by atoms with van der Waals surface area (Å²) in [4.78, 5) is 25.9. The number of carbonyl (C=O) groups excluding carboxylic acids is 2. The quantitative estimate of drug-likeness (QED) is 0.727. The molecule has 0 aromatic rings. The fourth-order valence-electron chi connectivity index (χ4n) is 3.45. The number of esters is 1. The molecule has 6 nitrogen and oxygen atoms in total. The van der Waals surface area contributed by atoms with Gasteiger partial charge in [0.15, 0.2) is 9.84 Å². The second kappa shape index (κ2) is 6.79. The smallest absolute Gasteiger partial charge is 0.306 e. The number of fused-ring (bicyclic) bond motifs is 1. The van der Waals surface area contributed by atoms with E-state index in [9.17, 15) is 18.0 Å². The van der Waals surface area contributed by atoms with Gasteiger partial charge < -0.3 is 9.64 Å². The van der Waals surface area contributed by atoms with Crippen LogP contribution < -0.4 is 0 Å². The predicted molar refractivity (Wildman–Crippen MR) is 86.6 cm³/mol. The largest absolute Gasteiger partial charge is 0.460 e. The van der Waals surface area contributed by atoms with E-state index in [0.717, 1.165) is 19.3 Å². The SMILES string of the molecule is CC(C)(C)OC(=O)CCC(=O)N1CCS(=O)(=O)C2CCCCC21. The van der Waals surface area contributed by atoms with E-state index in [1.165, 1.54) is 0 Å². The maximum absolute atomic E-state index is 12.5. The van der Waals surface area contributed by atoms with Crippen LogP contribution in [0.25, 0.3) is 0 Å². The number of hydrogen-bond acceptors (Lipinski definition) is 5. The fourth-order valence-corrected chi connectivity index (χ4v) is 5.49. The summed E-state index contributed by atoms with van der Waals surface area (Å²) in [7, 11) is -3.09. The zero-order chi connectivity index (χ0) is 17.3. The molecule has 1 saturated carbocycles. The van der Waals surface area contributed by atoms with Crippen molar-refractivity contribution in [2.75, 3.05) is 12.3 Å². The number of rotatable bonds is 3. The highest BCUT2D eigenvalue weighted by molar-refractivity contribution is 7.92. The molecule has 2 fully saturated rings. The minimum absolute atomic E-state index is 0.0341. The van der Waals surface area contributed by atoms with Gasteiger partial charge in [-0.05, 0) is 33.6 Å². The minimum atomic E-state index is -3.09. The van der Waals surface area contributed by atoms with Crippen molar-refractivity contribution in [1.29, 1.82) is 0 Å². The van der Waals surface area contributed by atoms with Crippen molar-refractivity contribution in [2.45, 2.75) is 76.2 Å². The van der Waals surface area contributed by atoms with E-state index in [4.69, 9.17) is 4.74 Å². The molecule has 1 saturated heterocycles. The summed E-state index contributed by atoms with van der Waals surface area (Å²) in [5.74, 6) is -0.495. The monoisotopic (exact) mass is 345 g/mol. The lowest BCUT2D eigenvalue weighted by Crippen LogP contribution is -2.57. The molecule has 7 heteroatoms. The van der Waals surface area contributed by atoms with Crippen molar-refractivity contribution in [3.05, 3.63) is 0 Å². The summed E-state index contributed by atoms with van der Waals surface area (Å²) in [5.41, 5.74) is -0.562. The molecule has 132 valence electrons. The van der Waals surface area contributed by atoms with Gasteiger partial charge in [-0.1, -0.05) is 12.8 Å². The Morgan fingerprint density at radius 3 is 2.43 bits per heavy atom. The van der Waals surface area contributed by atoms with Crippen LogP contribution in [-0.4, -0.2) is 54.4 Å². The van der Waals surface area contributed by atoms with Crippen molar-refractivity contribution in [3.63, 3.8) is 0 Å². The Balaban J connectivity index is 1.95. The van der Waals surface area contributed by atoms with Crippen LogP contribution in [0.5, 0.6) is 0 Å². The highest BCUT2D eigenvalue weighted by Crippen LogP contribution is 2.32. The molecule has 1 aliphatic carbocycles.